The van der Waals surface area contributed by atoms with Crippen molar-refractivity contribution in [1.82, 2.24) is 0 Å². The minimum atomic E-state index is 0.373. The summed E-state index contributed by atoms with van der Waals surface area (Å²) in [5.74, 6) is 1.98. The molecule has 0 spiro atoms. The maximum Gasteiger partial charge on any atom is 0.0408 e. The fourth-order valence-corrected chi connectivity index (χ4v) is 3.68. The van der Waals surface area contributed by atoms with Gasteiger partial charge in [0.2, 0.25) is 0 Å². The zero-order valence-electron chi connectivity index (χ0n) is 9.45. The number of halogens is 1. The summed E-state index contributed by atoms with van der Waals surface area (Å²) < 4.78 is 0. The van der Waals surface area contributed by atoms with Crippen molar-refractivity contribution in [3.05, 3.63) is 34.9 Å². The Balaban J connectivity index is 1.77. The highest BCUT2D eigenvalue weighted by atomic mass is 35.5. The van der Waals surface area contributed by atoms with Crippen LogP contribution in [0.25, 0.3) is 0 Å². The van der Waals surface area contributed by atoms with Crippen molar-refractivity contribution in [2.75, 3.05) is 6.54 Å². The lowest BCUT2D eigenvalue weighted by Crippen LogP contribution is -2.31. The van der Waals surface area contributed by atoms with Crippen molar-refractivity contribution in [3.8, 4) is 0 Å². The molecule has 0 radical (unpaired) electrons. The van der Waals surface area contributed by atoms with Gasteiger partial charge >= 0.3 is 0 Å². The molecule has 0 aromatic heterocycles. The van der Waals surface area contributed by atoms with Gasteiger partial charge in [-0.05, 0) is 67.2 Å². The topological polar surface area (TPSA) is 26.0 Å². The van der Waals surface area contributed by atoms with Gasteiger partial charge in [-0.3, -0.25) is 0 Å². The Bertz CT molecular complexity index is 391. The normalized spacial score (nSPS) is 36.1. The van der Waals surface area contributed by atoms with Crippen LogP contribution >= 0.6 is 11.6 Å². The van der Waals surface area contributed by atoms with Crippen LogP contribution in [0, 0.1) is 17.3 Å². The molecule has 2 heteroatoms. The fraction of sp³-hybridized carbons (Fsp3) is 0.571. The summed E-state index contributed by atoms with van der Waals surface area (Å²) in [7, 11) is 0. The lowest BCUT2D eigenvalue weighted by Gasteiger charge is -2.29. The van der Waals surface area contributed by atoms with Gasteiger partial charge in [0.05, 0.1) is 0 Å². The van der Waals surface area contributed by atoms with Crippen molar-refractivity contribution in [2.45, 2.75) is 25.7 Å². The van der Waals surface area contributed by atoms with E-state index in [1.54, 1.807) is 0 Å². The number of fused-ring (bicyclic) bond motifs is 1. The molecule has 2 N–H and O–H groups in total. The van der Waals surface area contributed by atoms with Gasteiger partial charge in [-0.25, -0.2) is 0 Å². The van der Waals surface area contributed by atoms with Crippen LogP contribution in [0.3, 0.4) is 0 Å². The van der Waals surface area contributed by atoms with Gasteiger partial charge in [-0.15, -0.1) is 0 Å². The van der Waals surface area contributed by atoms with Crippen LogP contribution in [0.5, 0.6) is 0 Å². The number of hydrogen-bond donors (Lipinski definition) is 1. The maximum atomic E-state index is 6.03. The molecule has 2 saturated carbocycles. The first kappa shape index (κ1) is 10.6. The molecule has 0 amide bonds. The van der Waals surface area contributed by atoms with E-state index >= 15 is 0 Å². The highest BCUT2D eigenvalue weighted by Crippen LogP contribution is 2.60. The van der Waals surface area contributed by atoms with Gasteiger partial charge in [0, 0.05) is 5.02 Å². The highest BCUT2D eigenvalue weighted by molar-refractivity contribution is 6.30. The molecular weight excluding hydrogens is 218 g/mol. The SMILES string of the molecule is NCC1(Cc2cccc(Cl)c2)CC2CC2C1. The van der Waals surface area contributed by atoms with E-state index in [0.29, 0.717) is 5.41 Å². The zero-order valence-corrected chi connectivity index (χ0v) is 10.2. The van der Waals surface area contributed by atoms with Crippen LogP contribution in [-0.4, -0.2) is 6.54 Å². The number of rotatable bonds is 3. The predicted molar refractivity (Wildman–Crippen MR) is 67.5 cm³/mol. The minimum Gasteiger partial charge on any atom is -0.330 e. The van der Waals surface area contributed by atoms with Gasteiger partial charge in [0.25, 0.3) is 0 Å². The second-order valence-corrected chi connectivity index (χ2v) is 6.11. The van der Waals surface area contributed by atoms with E-state index in [1.807, 2.05) is 12.1 Å². The van der Waals surface area contributed by atoms with Crippen molar-refractivity contribution >= 4 is 11.6 Å². The average Bonchev–Trinajstić information content (AvgIpc) is 2.87. The molecule has 3 rings (SSSR count). The van der Waals surface area contributed by atoms with Gasteiger partial charge in [-0.1, -0.05) is 23.7 Å². The molecular formula is C14H18ClN. The largest absolute Gasteiger partial charge is 0.330 e. The molecule has 2 aliphatic carbocycles. The molecule has 0 bridgehead atoms. The summed E-state index contributed by atoms with van der Waals surface area (Å²) in [6.07, 6.45) is 5.23. The third-order valence-electron chi connectivity index (χ3n) is 4.36. The molecule has 86 valence electrons. The van der Waals surface area contributed by atoms with Gasteiger partial charge in [0.15, 0.2) is 0 Å². The van der Waals surface area contributed by atoms with Gasteiger partial charge in [0.1, 0.15) is 0 Å². The van der Waals surface area contributed by atoms with Crippen molar-refractivity contribution in [3.63, 3.8) is 0 Å². The van der Waals surface area contributed by atoms with Crippen LogP contribution in [-0.2, 0) is 6.42 Å². The molecule has 1 nitrogen and oxygen atoms in total. The van der Waals surface area contributed by atoms with Gasteiger partial charge < -0.3 is 5.73 Å². The summed E-state index contributed by atoms with van der Waals surface area (Å²) in [6.45, 7) is 0.826. The van der Waals surface area contributed by atoms with E-state index in [-0.39, 0.29) is 0 Å². The first-order valence-electron chi connectivity index (χ1n) is 6.15. The highest BCUT2D eigenvalue weighted by Gasteiger charge is 2.52. The van der Waals surface area contributed by atoms with Crippen LogP contribution in [0.1, 0.15) is 24.8 Å². The van der Waals surface area contributed by atoms with Crippen LogP contribution in [0.4, 0.5) is 0 Å². The lowest BCUT2D eigenvalue weighted by molar-refractivity contribution is 0.273. The van der Waals surface area contributed by atoms with E-state index in [0.717, 1.165) is 29.8 Å². The Labute approximate surface area is 102 Å². The van der Waals surface area contributed by atoms with E-state index in [2.05, 4.69) is 12.1 Å². The second kappa shape index (κ2) is 3.75. The van der Waals surface area contributed by atoms with Crippen LogP contribution in [0.15, 0.2) is 24.3 Å². The van der Waals surface area contributed by atoms with Gasteiger partial charge in [-0.2, -0.15) is 0 Å². The van der Waals surface area contributed by atoms with E-state index in [4.69, 9.17) is 17.3 Å². The molecule has 2 atom stereocenters. The van der Waals surface area contributed by atoms with Crippen molar-refractivity contribution in [2.24, 2.45) is 23.0 Å². The van der Waals surface area contributed by atoms with E-state index < -0.39 is 0 Å². The van der Waals surface area contributed by atoms with E-state index in [9.17, 15) is 0 Å². The van der Waals surface area contributed by atoms with Crippen molar-refractivity contribution < 1.29 is 0 Å². The maximum absolute atomic E-state index is 6.03. The molecule has 0 heterocycles. The monoisotopic (exact) mass is 235 g/mol. The van der Waals surface area contributed by atoms with Crippen LogP contribution < -0.4 is 5.73 Å². The fourth-order valence-electron chi connectivity index (χ4n) is 3.47. The summed E-state index contributed by atoms with van der Waals surface area (Å²) in [6, 6.07) is 8.24. The molecule has 0 aliphatic heterocycles. The molecule has 1 aromatic rings. The number of nitrogens with two attached hydrogens (primary N) is 1. The predicted octanol–water partition coefficient (Wildman–Crippen LogP) is 3.26. The summed E-state index contributed by atoms with van der Waals surface area (Å²) in [5, 5.41) is 0.841. The molecule has 2 fully saturated rings. The average molecular weight is 236 g/mol. The Kier molecular flexibility index (Phi) is 2.49. The third kappa shape index (κ3) is 1.87. The number of benzene rings is 1. The summed E-state index contributed by atoms with van der Waals surface area (Å²) in [5.41, 5.74) is 7.72. The minimum absolute atomic E-state index is 0.373. The zero-order chi connectivity index (χ0) is 11.2. The Morgan fingerprint density at radius 1 is 1.31 bits per heavy atom. The second-order valence-electron chi connectivity index (χ2n) is 5.67. The molecule has 0 saturated heterocycles. The summed E-state index contributed by atoms with van der Waals surface area (Å²) in [4.78, 5) is 0. The summed E-state index contributed by atoms with van der Waals surface area (Å²) >= 11 is 6.03. The lowest BCUT2D eigenvalue weighted by atomic mass is 9.77. The quantitative estimate of drug-likeness (QED) is 0.855. The van der Waals surface area contributed by atoms with Crippen molar-refractivity contribution in [1.29, 1.82) is 0 Å². The standard InChI is InChI=1S/C14H18ClN/c15-13-3-1-2-10(4-13)6-14(9-16)7-11-5-12(11)8-14/h1-4,11-12H,5-9,16H2. The Morgan fingerprint density at radius 3 is 2.69 bits per heavy atom. The molecule has 2 unspecified atom stereocenters. The first-order valence-corrected chi connectivity index (χ1v) is 6.53. The molecule has 2 aliphatic rings. The molecule has 16 heavy (non-hydrogen) atoms. The Hall–Kier alpha value is -0.530. The first-order chi connectivity index (χ1) is 7.71. The third-order valence-corrected chi connectivity index (χ3v) is 4.60. The van der Waals surface area contributed by atoms with E-state index in [1.165, 1.54) is 24.8 Å². The molecule has 1 aromatic carbocycles. The smallest absolute Gasteiger partial charge is 0.0408 e. The van der Waals surface area contributed by atoms with Crippen LogP contribution in [0.2, 0.25) is 5.02 Å². The Morgan fingerprint density at radius 2 is 2.06 bits per heavy atom. The number of hydrogen-bond acceptors (Lipinski definition) is 1.